The van der Waals surface area contributed by atoms with Gasteiger partial charge in [0, 0.05) is 18.7 Å². The Kier molecular flexibility index (Phi) is 6.85. The molecular formula is C20H26N2O4S. The number of methoxy groups -OCH3 is 1. The first-order valence-corrected chi connectivity index (χ1v) is 10.5. The van der Waals surface area contributed by atoms with Gasteiger partial charge in [-0.05, 0) is 67.8 Å². The number of hydrogen-bond donors (Lipinski definition) is 1. The van der Waals surface area contributed by atoms with Gasteiger partial charge in [0.15, 0.2) is 0 Å². The molecule has 1 amide bonds. The molecule has 0 atom stereocenters. The number of aryl methyl sites for hydroxylation is 2. The summed E-state index contributed by atoms with van der Waals surface area (Å²) in [5.74, 6) is 0.555. The fourth-order valence-corrected chi connectivity index (χ4v) is 3.81. The molecule has 2 rings (SSSR count). The van der Waals surface area contributed by atoms with Gasteiger partial charge in [0.25, 0.3) is 0 Å². The van der Waals surface area contributed by atoms with E-state index in [0.717, 1.165) is 11.1 Å². The van der Waals surface area contributed by atoms with Gasteiger partial charge in [0.1, 0.15) is 5.75 Å². The van der Waals surface area contributed by atoms with Crippen molar-refractivity contribution in [2.75, 3.05) is 29.5 Å². The lowest BCUT2D eigenvalue weighted by atomic mass is 10.1. The molecule has 0 radical (unpaired) electrons. The third kappa shape index (κ3) is 6.29. The number of ether oxygens (including phenoxy) is 1. The second-order valence-corrected chi connectivity index (χ2v) is 8.47. The van der Waals surface area contributed by atoms with E-state index in [4.69, 9.17) is 4.74 Å². The standard InChI is InChI=1S/C20H26N2O4S/c1-15-12-16(2)14-18(13-15)22(27(4,24)25)11-5-6-20(23)21-17-7-9-19(26-3)10-8-17/h7-10,12-14H,5-6,11H2,1-4H3,(H,21,23). The molecule has 0 heterocycles. The third-order valence-corrected chi connectivity index (χ3v) is 5.23. The lowest BCUT2D eigenvalue weighted by Crippen LogP contribution is -2.31. The predicted molar refractivity (Wildman–Crippen MR) is 109 cm³/mol. The molecule has 0 spiro atoms. The molecule has 2 aromatic carbocycles. The van der Waals surface area contributed by atoms with Crippen LogP contribution >= 0.6 is 0 Å². The van der Waals surface area contributed by atoms with Gasteiger partial charge in [0.2, 0.25) is 15.9 Å². The number of nitrogens with one attached hydrogen (secondary N) is 1. The Morgan fingerprint density at radius 1 is 1.07 bits per heavy atom. The highest BCUT2D eigenvalue weighted by Gasteiger charge is 2.18. The van der Waals surface area contributed by atoms with Crippen LogP contribution in [0.2, 0.25) is 0 Å². The SMILES string of the molecule is COc1ccc(NC(=O)CCCN(c2cc(C)cc(C)c2)S(C)(=O)=O)cc1. The Balaban J connectivity index is 1.97. The summed E-state index contributed by atoms with van der Waals surface area (Å²) in [7, 11) is -1.85. The molecule has 0 saturated heterocycles. The van der Waals surface area contributed by atoms with Crippen molar-refractivity contribution in [1.82, 2.24) is 0 Å². The van der Waals surface area contributed by atoms with Gasteiger partial charge in [-0.25, -0.2) is 8.42 Å². The van der Waals surface area contributed by atoms with Gasteiger partial charge in [-0.15, -0.1) is 0 Å². The fraction of sp³-hybridized carbons (Fsp3) is 0.350. The van der Waals surface area contributed by atoms with E-state index in [2.05, 4.69) is 5.32 Å². The van der Waals surface area contributed by atoms with E-state index in [1.54, 1.807) is 31.4 Å². The second-order valence-electron chi connectivity index (χ2n) is 6.56. The monoisotopic (exact) mass is 390 g/mol. The first kappa shape index (κ1) is 20.8. The molecule has 0 aliphatic carbocycles. The van der Waals surface area contributed by atoms with Gasteiger partial charge < -0.3 is 10.1 Å². The number of carbonyl (C=O) groups excluding carboxylic acids is 1. The minimum absolute atomic E-state index is 0.158. The Morgan fingerprint density at radius 3 is 2.19 bits per heavy atom. The summed E-state index contributed by atoms with van der Waals surface area (Å²) in [5, 5.41) is 2.80. The van der Waals surface area contributed by atoms with E-state index in [1.807, 2.05) is 32.0 Å². The van der Waals surface area contributed by atoms with E-state index in [0.29, 0.717) is 23.5 Å². The first-order chi connectivity index (χ1) is 12.7. The molecule has 0 aliphatic rings. The number of anilines is 2. The van der Waals surface area contributed by atoms with Crippen LogP contribution in [0.5, 0.6) is 5.75 Å². The van der Waals surface area contributed by atoms with Gasteiger partial charge >= 0.3 is 0 Å². The Hall–Kier alpha value is -2.54. The fourth-order valence-electron chi connectivity index (χ4n) is 2.86. The third-order valence-electron chi connectivity index (χ3n) is 4.03. The predicted octanol–water partition coefficient (Wildman–Crippen LogP) is 3.50. The molecule has 7 heteroatoms. The zero-order valence-electron chi connectivity index (χ0n) is 16.2. The lowest BCUT2D eigenvalue weighted by molar-refractivity contribution is -0.116. The maximum atomic E-state index is 12.2. The van der Waals surface area contributed by atoms with Crippen molar-refractivity contribution >= 4 is 27.3 Å². The maximum Gasteiger partial charge on any atom is 0.232 e. The number of carbonyl (C=O) groups is 1. The van der Waals surface area contributed by atoms with Crippen molar-refractivity contribution in [3.05, 3.63) is 53.6 Å². The van der Waals surface area contributed by atoms with Crippen LogP contribution < -0.4 is 14.4 Å². The van der Waals surface area contributed by atoms with E-state index < -0.39 is 10.0 Å². The summed E-state index contributed by atoms with van der Waals surface area (Å²) < 4.78 is 30.8. The molecule has 146 valence electrons. The van der Waals surface area contributed by atoms with Crippen LogP contribution in [0, 0.1) is 13.8 Å². The van der Waals surface area contributed by atoms with Crippen molar-refractivity contribution in [2.24, 2.45) is 0 Å². The van der Waals surface area contributed by atoms with Crippen molar-refractivity contribution in [3.63, 3.8) is 0 Å². The van der Waals surface area contributed by atoms with E-state index >= 15 is 0 Å². The second kappa shape index (κ2) is 8.90. The topological polar surface area (TPSA) is 75.7 Å². The zero-order valence-corrected chi connectivity index (χ0v) is 17.0. The molecule has 0 unspecified atom stereocenters. The number of sulfonamides is 1. The highest BCUT2D eigenvalue weighted by molar-refractivity contribution is 7.92. The molecule has 0 aromatic heterocycles. The Bertz CT molecular complexity index is 872. The Labute approximate surface area is 161 Å². The van der Waals surface area contributed by atoms with Gasteiger partial charge in [-0.3, -0.25) is 9.10 Å². The highest BCUT2D eigenvalue weighted by atomic mass is 32.2. The van der Waals surface area contributed by atoms with Crippen LogP contribution in [0.3, 0.4) is 0 Å². The molecule has 0 saturated carbocycles. The van der Waals surface area contributed by atoms with E-state index in [1.165, 1.54) is 10.6 Å². The van der Waals surface area contributed by atoms with E-state index in [-0.39, 0.29) is 18.9 Å². The number of hydrogen-bond acceptors (Lipinski definition) is 4. The molecule has 0 aliphatic heterocycles. The number of benzene rings is 2. The van der Waals surface area contributed by atoms with Crippen molar-refractivity contribution < 1.29 is 17.9 Å². The Morgan fingerprint density at radius 2 is 1.67 bits per heavy atom. The minimum Gasteiger partial charge on any atom is -0.497 e. The van der Waals surface area contributed by atoms with E-state index in [9.17, 15) is 13.2 Å². The number of nitrogens with zero attached hydrogens (tertiary/aromatic N) is 1. The first-order valence-electron chi connectivity index (χ1n) is 8.69. The molecule has 1 N–H and O–H groups in total. The summed E-state index contributed by atoms with van der Waals surface area (Å²) in [6, 6.07) is 12.7. The molecule has 0 fully saturated rings. The average molecular weight is 391 g/mol. The highest BCUT2D eigenvalue weighted by Crippen LogP contribution is 2.22. The van der Waals surface area contributed by atoms with Crippen LogP contribution in [0.25, 0.3) is 0 Å². The van der Waals surface area contributed by atoms with Crippen molar-refractivity contribution in [3.8, 4) is 5.75 Å². The van der Waals surface area contributed by atoms with Crippen LogP contribution in [-0.2, 0) is 14.8 Å². The molecule has 27 heavy (non-hydrogen) atoms. The van der Waals surface area contributed by atoms with Crippen LogP contribution in [-0.4, -0.2) is 34.2 Å². The summed E-state index contributed by atoms with van der Waals surface area (Å²) in [6.45, 7) is 4.11. The van der Waals surface area contributed by atoms with Crippen LogP contribution in [0.15, 0.2) is 42.5 Å². The van der Waals surface area contributed by atoms with Gasteiger partial charge in [-0.2, -0.15) is 0 Å². The van der Waals surface area contributed by atoms with Crippen molar-refractivity contribution in [2.45, 2.75) is 26.7 Å². The molecular weight excluding hydrogens is 364 g/mol. The summed E-state index contributed by atoms with van der Waals surface area (Å²) in [4.78, 5) is 12.1. The summed E-state index contributed by atoms with van der Waals surface area (Å²) >= 11 is 0. The summed E-state index contributed by atoms with van der Waals surface area (Å²) in [6.07, 6.45) is 1.83. The van der Waals surface area contributed by atoms with Crippen LogP contribution in [0.1, 0.15) is 24.0 Å². The molecule has 0 bridgehead atoms. The zero-order chi connectivity index (χ0) is 20.0. The maximum absolute atomic E-state index is 12.2. The molecule has 6 nitrogen and oxygen atoms in total. The molecule has 2 aromatic rings. The van der Waals surface area contributed by atoms with Gasteiger partial charge in [0.05, 0.1) is 19.1 Å². The smallest absolute Gasteiger partial charge is 0.232 e. The average Bonchev–Trinajstić information content (AvgIpc) is 2.57. The van der Waals surface area contributed by atoms with Crippen molar-refractivity contribution in [1.29, 1.82) is 0 Å². The quantitative estimate of drug-likeness (QED) is 0.749. The minimum atomic E-state index is -3.43. The lowest BCUT2D eigenvalue weighted by Gasteiger charge is -2.23. The summed E-state index contributed by atoms with van der Waals surface area (Å²) in [5.41, 5.74) is 3.30. The van der Waals surface area contributed by atoms with Gasteiger partial charge in [-0.1, -0.05) is 6.07 Å². The number of amides is 1. The normalized spacial score (nSPS) is 11.1. The largest absolute Gasteiger partial charge is 0.497 e. The number of rotatable bonds is 8. The van der Waals surface area contributed by atoms with Crippen LogP contribution in [0.4, 0.5) is 11.4 Å².